The monoisotopic (exact) mass is 279 g/mol. The van der Waals surface area contributed by atoms with Gasteiger partial charge in [0.25, 0.3) is 0 Å². The summed E-state index contributed by atoms with van der Waals surface area (Å²) < 4.78 is 12.1. The molecule has 2 rings (SSSR count). The minimum atomic E-state index is -1.02. The fourth-order valence-electron chi connectivity index (χ4n) is 1.62. The van der Waals surface area contributed by atoms with Crippen LogP contribution in [-0.2, 0) is 17.2 Å². The van der Waals surface area contributed by atoms with E-state index in [1.165, 1.54) is 0 Å². The van der Waals surface area contributed by atoms with Gasteiger partial charge in [-0.1, -0.05) is 29.8 Å². The summed E-state index contributed by atoms with van der Waals surface area (Å²) >= 11 is 5.88. The van der Waals surface area contributed by atoms with E-state index in [2.05, 4.69) is 0 Å². The van der Waals surface area contributed by atoms with Gasteiger partial charge in [-0.15, -0.1) is 0 Å². The number of hydrogen-bond acceptors (Lipinski definition) is 2. The van der Waals surface area contributed by atoms with E-state index >= 15 is 0 Å². The van der Waals surface area contributed by atoms with Crippen molar-refractivity contribution in [3.05, 3.63) is 59.1 Å². The van der Waals surface area contributed by atoms with E-state index in [4.69, 9.17) is 17.3 Å². The Balaban J connectivity index is 1.98. The minimum absolute atomic E-state index is 0.588. The van der Waals surface area contributed by atoms with Crippen LogP contribution in [-0.4, -0.2) is 9.96 Å². The van der Waals surface area contributed by atoms with Gasteiger partial charge in [0.15, 0.2) is 0 Å². The van der Waals surface area contributed by atoms with Gasteiger partial charge in [0.05, 0.1) is 10.8 Å². The van der Waals surface area contributed by atoms with Gasteiger partial charge >= 0.3 is 0 Å². The summed E-state index contributed by atoms with van der Waals surface area (Å²) in [5.41, 5.74) is 7.50. The van der Waals surface area contributed by atoms with Crippen LogP contribution in [0.25, 0.3) is 0 Å². The first kappa shape index (κ1) is 13.1. The van der Waals surface area contributed by atoms with E-state index in [-0.39, 0.29) is 0 Å². The van der Waals surface area contributed by atoms with Crippen LogP contribution < -0.4 is 5.73 Å². The van der Waals surface area contributed by atoms with E-state index < -0.39 is 10.8 Å². The molecule has 2 nitrogen and oxygen atoms in total. The average molecular weight is 280 g/mol. The second-order valence-corrected chi connectivity index (χ2v) is 6.01. The zero-order valence-electron chi connectivity index (χ0n) is 9.80. The van der Waals surface area contributed by atoms with Crippen LogP contribution in [0.4, 0.5) is 5.69 Å². The molecule has 0 amide bonds. The molecule has 0 aliphatic heterocycles. The first-order valence-corrected chi connectivity index (χ1v) is 7.33. The fraction of sp³-hybridized carbons (Fsp3) is 0.143. The molecular weight excluding hydrogens is 266 g/mol. The number of nitrogen functional groups attached to an aromatic ring is 1. The molecule has 94 valence electrons. The van der Waals surface area contributed by atoms with Gasteiger partial charge in [-0.2, -0.15) is 0 Å². The Morgan fingerprint density at radius 1 is 1.11 bits per heavy atom. The molecule has 0 saturated heterocycles. The first-order valence-electron chi connectivity index (χ1n) is 5.63. The van der Waals surface area contributed by atoms with Gasteiger partial charge in [0.2, 0.25) is 0 Å². The minimum Gasteiger partial charge on any atom is -0.399 e. The van der Waals surface area contributed by atoms with Crippen LogP contribution in [0.5, 0.6) is 0 Å². The third-order valence-electron chi connectivity index (χ3n) is 2.61. The molecule has 1 atom stereocenters. The molecule has 0 saturated carbocycles. The lowest BCUT2D eigenvalue weighted by molar-refractivity contribution is 0.682. The number of hydrogen-bond donors (Lipinski definition) is 1. The van der Waals surface area contributed by atoms with Gasteiger partial charge in [-0.05, 0) is 42.3 Å². The van der Waals surface area contributed by atoms with E-state index in [9.17, 15) is 4.21 Å². The third-order valence-corrected chi connectivity index (χ3v) is 4.20. The van der Waals surface area contributed by atoms with E-state index in [0.717, 1.165) is 22.6 Å². The second-order valence-electron chi connectivity index (χ2n) is 4.00. The maximum absolute atomic E-state index is 12.1. The molecular formula is C14H14ClNOS. The Kier molecular flexibility index (Phi) is 4.39. The van der Waals surface area contributed by atoms with Crippen molar-refractivity contribution in [2.24, 2.45) is 0 Å². The summed E-state index contributed by atoms with van der Waals surface area (Å²) in [5, 5.41) is 0.619. The van der Waals surface area contributed by atoms with Gasteiger partial charge < -0.3 is 5.73 Å². The second kappa shape index (κ2) is 6.03. The molecule has 0 aromatic heterocycles. The molecule has 0 radical (unpaired) electrons. The zero-order chi connectivity index (χ0) is 13.0. The van der Waals surface area contributed by atoms with Gasteiger partial charge in [0, 0.05) is 21.4 Å². The van der Waals surface area contributed by atoms with Crippen molar-refractivity contribution in [2.75, 3.05) is 11.5 Å². The van der Waals surface area contributed by atoms with Crippen LogP contribution in [0.2, 0.25) is 5.02 Å². The predicted molar refractivity (Wildman–Crippen MR) is 77.3 cm³/mol. The number of nitrogens with two attached hydrogens (primary N) is 1. The smallest absolute Gasteiger partial charge is 0.0533 e. The summed E-state index contributed by atoms with van der Waals surface area (Å²) in [6.07, 6.45) is 0.763. The highest BCUT2D eigenvalue weighted by atomic mass is 35.5. The van der Waals surface area contributed by atoms with E-state index in [0.29, 0.717) is 10.8 Å². The molecule has 2 N–H and O–H groups in total. The van der Waals surface area contributed by atoms with Crippen molar-refractivity contribution in [3.63, 3.8) is 0 Å². The molecule has 18 heavy (non-hydrogen) atoms. The number of rotatable bonds is 4. The van der Waals surface area contributed by atoms with Crippen LogP contribution in [0, 0.1) is 0 Å². The van der Waals surface area contributed by atoms with Crippen LogP contribution in [0.15, 0.2) is 53.4 Å². The van der Waals surface area contributed by atoms with Crippen LogP contribution >= 0.6 is 11.6 Å². The highest BCUT2D eigenvalue weighted by Gasteiger charge is 2.04. The maximum atomic E-state index is 12.1. The van der Waals surface area contributed by atoms with Crippen molar-refractivity contribution in [1.29, 1.82) is 0 Å². The first-order chi connectivity index (χ1) is 8.65. The molecule has 2 aromatic carbocycles. The topological polar surface area (TPSA) is 43.1 Å². The lowest BCUT2D eigenvalue weighted by Gasteiger charge is -2.04. The predicted octanol–water partition coefficient (Wildman–Crippen LogP) is 3.27. The molecule has 2 aromatic rings. The van der Waals surface area contributed by atoms with E-state index in [1.807, 2.05) is 36.4 Å². The Morgan fingerprint density at radius 2 is 1.83 bits per heavy atom. The number of anilines is 1. The summed E-state index contributed by atoms with van der Waals surface area (Å²) in [4.78, 5) is 0.776. The molecule has 0 spiro atoms. The highest BCUT2D eigenvalue weighted by molar-refractivity contribution is 7.85. The van der Waals surface area contributed by atoms with Crippen molar-refractivity contribution < 1.29 is 4.21 Å². The van der Waals surface area contributed by atoms with Gasteiger partial charge in [-0.3, -0.25) is 4.21 Å². The quantitative estimate of drug-likeness (QED) is 0.873. The molecule has 4 heteroatoms. The Hall–Kier alpha value is -1.32. The molecule has 0 aliphatic rings. The normalized spacial score (nSPS) is 12.3. The Morgan fingerprint density at radius 3 is 2.50 bits per heavy atom. The van der Waals surface area contributed by atoms with Crippen LogP contribution in [0.3, 0.4) is 0 Å². The largest absolute Gasteiger partial charge is 0.399 e. The third kappa shape index (κ3) is 3.59. The summed E-state index contributed by atoms with van der Waals surface area (Å²) in [7, 11) is -1.02. The highest BCUT2D eigenvalue weighted by Crippen LogP contribution is 2.15. The maximum Gasteiger partial charge on any atom is 0.0533 e. The fourth-order valence-corrected chi connectivity index (χ4v) is 3.02. The number of halogens is 1. The lowest BCUT2D eigenvalue weighted by atomic mass is 10.2. The summed E-state index contributed by atoms with van der Waals surface area (Å²) in [6.45, 7) is 0. The Bertz CT molecular complexity index is 554. The summed E-state index contributed by atoms with van der Waals surface area (Å²) in [5.74, 6) is 0.588. The number of aryl methyl sites for hydroxylation is 1. The standard InChI is InChI=1S/C14H14ClNOS/c15-12-2-1-3-14(10-12)18(17)9-8-11-4-6-13(16)7-5-11/h1-7,10H,8-9,16H2. The van der Waals surface area contributed by atoms with Crippen molar-refractivity contribution in [3.8, 4) is 0 Å². The van der Waals surface area contributed by atoms with Crippen molar-refractivity contribution >= 4 is 28.1 Å². The van der Waals surface area contributed by atoms with Gasteiger partial charge in [-0.25, -0.2) is 0 Å². The van der Waals surface area contributed by atoms with E-state index in [1.54, 1.807) is 12.1 Å². The van der Waals surface area contributed by atoms with Crippen LogP contribution in [0.1, 0.15) is 5.56 Å². The molecule has 1 unspecified atom stereocenters. The molecule has 0 fully saturated rings. The molecule has 0 bridgehead atoms. The Labute approximate surface area is 114 Å². The molecule has 0 aliphatic carbocycles. The van der Waals surface area contributed by atoms with Crippen molar-refractivity contribution in [2.45, 2.75) is 11.3 Å². The SMILES string of the molecule is Nc1ccc(CCS(=O)c2cccc(Cl)c2)cc1. The van der Waals surface area contributed by atoms with Crippen molar-refractivity contribution in [1.82, 2.24) is 0 Å². The lowest BCUT2D eigenvalue weighted by Crippen LogP contribution is -2.01. The molecule has 0 heterocycles. The average Bonchev–Trinajstić information content (AvgIpc) is 2.38. The van der Waals surface area contributed by atoms with Gasteiger partial charge in [0.1, 0.15) is 0 Å². The summed E-state index contributed by atoms with van der Waals surface area (Å²) in [6, 6.07) is 14.8. The number of benzene rings is 2. The zero-order valence-corrected chi connectivity index (χ0v) is 11.4.